The summed E-state index contributed by atoms with van der Waals surface area (Å²) in [6.07, 6.45) is 0.545. The summed E-state index contributed by atoms with van der Waals surface area (Å²) >= 11 is 1.21. The molecule has 0 saturated carbocycles. The molecule has 7 heteroatoms. The Hall–Kier alpha value is -0.920. The monoisotopic (exact) mass is 216 g/mol. The van der Waals surface area contributed by atoms with Crippen LogP contribution in [0.15, 0.2) is 0 Å². The Morgan fingerprint density at radius 2 is 2.43 bits per heavy atom. The van der Waals surface area contributed by atoms with E-state index in [2.05, 4.69) is 9.36 Å². The lowest BCUT2D eigenvalue weighted by atomic mass is 10.1. The van der Waals surface area contributed by atoms with Crippen LogP contribution in [0.5, 0.6) is 0 Å². The van der Waals surface area contributed by atoms with Crippen LogP contribution in [0.4, 0.5) is 11.1 Å². The molecule has 14 heavy (non-hydrogen) atoms. The van der Waals surface area contributed by atoms with Crippen LogP contribution >= 0.6 is 11.5 Å². The first-order chi connectivity index (χ1) is 6.63. The van der Waals surface area contributed by atoms with Crippen LogP contribution in [0, 0.1) is 0 Å². The van der Waals surface area contributed by atoms with Crippen molar-refractivity contribution in [2.24, 2.45) is 0 Å². The van der Waals surface area contributed by atoms with Gasteiger partial charge in [0, 0.05) is 18.1 Å². The topological polar surface area (TPSA) is 95.5 Å². The number of aliphatic hydroxyl groups is 2. The van der Waals surface area contributed by atoms with E-state index in [9.17, 15) is 5.11 Å². The van der Waals surface area contributed by atoms with Gasteiger partial charge in [-0.3, -0.25) is 0 Å². The van der Waals surface area contributed by atoms with Crippen LogP contribution in [0.3, 0.4) is 0 Å². The molecule has 1 saturated heterocycles. The maximum absolute atomic E-state index is 9.77. The van der Waals surface area contributed by atoms with E-state index in [0.717, 1.165) is 0 Å². The summed E-state index contributed by atoms with van der Waals surface area (Å²) in [7, 11) is 0. The number of β-amino-alcohol motifs (C(OH)–C–C–N with tert-alkyl or cyclic N) is 1. The van der Waals surface area contributed by atoms with Crippen molar-refractivity contribution < 1.29 is 10.2 Å². The largest absolute Gasteiger partial charge is 0.393 e. The molecule has 0 aliphatic carbocycles. The Bertz CT molecular complexity index is 331. The highest BCUT2D eigenvalue weighted by atomic mass is 32.1. The Kier molecular flexibility index (Phi) is 2.30. The van der Waals surface area contributed by atoms with Gasteiger partial charge in [-0.15, -0.1) is 0 Å². The molecule has 78 valence electrons. The first-order valence-corrected chi connectivity index (χ1v) is 5.08. The molecule has 1 aromatic rings. The van der Waals surface area contributed by atoms with Crippen molar-refractivity contribution in [1.29, 1.82) is 0 Å². The normalized spacial score (nSPS) is 27.1. The van der Waals surface area contributed by atoms with E-state index in [1.807, 2.05) is 4.90 Å². The van der Waals surface area contributed by atoms with E-state index >= 15 is 0 Å². The third kappa shape index (κ3) is 1.66. The molecule has 6 nitrogen and oxygen atoms in total. The summed E-state index contributed by atoms with van der Waals surface area (Å²) < 4.78 is 3.86. The van der Waals surface area contributed by atoms with Gasteiger partial charge in [-0.1, -0.05) is 0 Å². The van der Waals surface area contributed by atoms with Crippen LogP contribution in [0.1, 0.15) is 6.42 Å². The molecule has 0 bridgehead atoms. The first kappa shape index (κ1) is 9.63. The average molecular weight is 216 g/mol. The third-order valence-corrected chi connectivity index (χ3v) is 3.12. The summed E-state index contributed by atoms with van der Waals surface area (Å²) in [5.41, 5.74) is 4.40. The Morgan fingerprint density at radius 1 is 1.64 bits per heavy atom. The molecule has 1 unspecified atom stereocenters. The minimum Gasteiger partial charge on any atom is -0.393 e. The van der Waals surface area contributed by atoms with E-state index < -0.39 is 5.60 Å². The molecule has 1 aromatic heterocycles. The highest BCUT2D eigenvalue weighted by molar-refractivity contribution is 7.09. The summed E-state index contributed by atoms with van der Waals surface area (Å²) in [6.45, 7) is 0.835. The van der Waals surface area contributed by atoms with Gasteiger partial charge in [-0.05, 0) is 6.42 Å². The van der Waals surface area contributed by atoms with Crippen LogP contribution in [0.2, 0.25) is 0 Å². The minimum absolute atomic E-state index is 0.224. The highest BCUT2D eigenvalue weighted by Crippen LogP contribution is 2.27. The lowest BCUT2D eigenvalue weighted by molar-refractivity contribution is 0.00476. The Balaban J connectivity index is 2.09. The molecule has 0 aromatic carbocycles. The lowest BCUT2D eigenvalue weighted by Crippen LogP contribution is -2.36. The predicted octanol–water partition coefficient (Wildman–Crippen LogP) is -0.946. The number of rotatable bonds is 2. The van der Waals surface area contributed by atoms with E-state index in [1.165, 1.54) is 11.5 Å². The number of aromatic nitrogens is 2. The minimum atomic E-state index is -1.000. The molecule has 2 heterocycles. The first-order valence-electron chi connectivity index (χ1n) is 4.30. The second-order valence-electron chi connectivity index (χ2n) is 3.49. The van der Waals surface area contributed by atoms with Gasteiger partial charge in [0.1, 0.15) is 5.60 Å². The van der Waals surface area contributed by atoms with E-state index in [1.54, 1.807) is 0 Å². The lowest BCUT2D eigenvalue weighted by Gasteiger charge is -2.19. The third-order valence-electron chi connectivity index (χ3n) is 2.33. The highest BCUT2D eigenvalue weighted by Gasteiger charge is 2.36. The standard InChI is InChI=1S/C7H12N4O2S/c8-5-9-6(14-10-5)11-2-1-7(13,3-11)4-12/h12-13H,1-4H2,(H2,8,10). The zero-order valence-electron chi connectivity index (χ0n) is 7.55. The molecule has 2 rings (SSSR count). The van der Waals surface area contributed by atoms with Gasteiger partial charge < -0.3 is 20.8 Å². The molecule has 1 atom stereocenters. The smallest absolute Gasteiger partial charge is 0.233 e. The van der Waals surface area contributed by atoms with Crippen molar-refractivity contribution >= 4 is 22.6 Å². The number of anilines is 2. The number of hydrogen-bond donors (Lipinski definition) is 3. The van der Waals surface area contributed by atoms with Crippen molar-refractivity contribution in [2.75, 3.05) is 30.3 Å². The number of nitrogens with two attached hydrogens (primary N) is 1. The maximum Gasteiger partial charge on any atom is 0.233 e. The van der Waals surface area contributed by atoms with Crippen molar-refractivity contribution in [3.05, 3.63) is 0 Å². The summed E-state index contributed by atoms with van der Waals surface area (Å²) in [5.74, 6) is 0.254. The van der Waals surface area contributed by atoms with Crippen molar-refractivity contribution in [3.63, 3.8) is 0 Å². The summed E-state index contributed by atoms with van der Waals surface area (Å²) in [6, 6.07) is 0. The van der Waals surface area contributed by atoms with Gasteiger partial charge in [0.25, 0.3) is 0 Å². The summed E-state index contributed by atoms with van der Waals surface area (Å²) in [4.78, 5) is 5.89. The molecular weight excluding hydrogens is 204 g/mol. The van der Waals surface area contributed by atoms with Crippen LogP contribution in [-0.4, -0.2) is 44.9 Å². The fourth-order valence-electron chi connectivity index (χ4n) is 1.50. The second-order valence-corrected chi connectivity index (χ2v) is 4.22. The Labute approximate surface area is 85.2 Å². The number of hydrogen-bond acceptors (Lipinski definition) is 7. The molecule has 0 radical (unpaired) electrons. The molecular formula is C7H12N4O2S. The van der Waals surface area contributed by atoms with Gasteiger partial charge in [0.05, 0.1) is 13.2 Å². The quantitative estimate of drug-likeness (QED) is 0.590. The fourth-order valence-corrected chi connectivity index (χ4v) is 2.13. The van der Waals surface area contributed by atoms with Gasteiger partial charge in [0.2, 0.25) is 11.1 Å². The number of nitrogens with zero attached hydrogens (tertiary/aromatic N) is 3. The predicted molar refractivity (Wildman–Crippen MR) is 53.2 cm³/mol. The molecule has 1 aliphatic rings. The average Bonchev–Trinajstić information content (AvgIpc) is 2.73. The van der Waals surface area contributed by atoms with Gasteiger partial charge >= 0.3 is 0 Å². The molecule has 1 aliphatic heterocycles. The zero-order chi connectivity index (χ0) is 10.2. The zero-order valence-corrected chi connectivity index (χ0v) is 8.37. The second kappa shape index (κ2) is 3.34. The van der Waals surface area contributed by atoms with Gasteiger partial charge in [0.15, 0.2) is 0 Å². The molecule has 0 spiro atoms. The van der Waals surface area contributed by atoms with Crippen LogP contribution in [0.25, 0.3) is 0 Å². The Morgan fingerprint density at radius 3 is 2.93 bits per heavy atom. The SMILES string of the molecule is Nc1nsc(N2CCC(O)(CO)C2)n1. The van der Waals surface area contributed by atoms with Gasteiger partial charge in [-0.25, -0.2) is 0 Å². The maximum atomic E-state index is 9.77. The van der Waals surface area contributed by atoms with Crippen molar-refractivity contribution in [1.82, 2.24) is 9.36 Å². The molecule has 1 fully saturated rings. The van der Waals surface area contributed by atoms with E-state index in [-0.39, 0.29) is 12.6 Å². The fraction of sp³-hybridized carbons (Fsp3) is 0.714. The molecule has 0 amide bonds. The van der Waals surface area contributed by atoms with Gasteiger partial charge in [-0.2, -0.15) is 9.36 Å². The molecule has 4 N–H and O–H groups in total. The van der Waals surface area contributed by atoms with E-state index in [4.69, 9.17) is 10.8 Å². The van der Waals surface area contributed by atoms with Crippen LogP contribution < -0.4 is 10.6 Å². The summed E-state index contributed by atoms with van der Waals surface area (Å²) in [5, 5.41) is 19.4. The van der Waals surface area contributed by atoms with Crippen molar-refractivity contribution in [2.45, 2.75) is 12.0 Å². The van der Waals surface area contributed by atoms with Crippen LogP contribution in [-0.2, 0) is 0 Å². The number of nitrogen functional groups attached to an aromatic ring is 1. The van der Waals surface area contributed by atoms with E-state index in [0.29, 0.717) is 24.6 Å². The van der Waals surface area contributed by atoms with Crippen molar-refractivity contribution in [3.8, 4) is 0 Å². The number of aliphatic hydroxyl groups excluding tert-OH is 1.